The van der Waals surface area contributed by atoms with E-state index < -0.39 is 11.2 Å². The first-order chi connectivity index (χ1) is 13.9. The molecule has 0 atom stereocenters. The average Bonchev–Trinajstić information content (AvgIpc) is 3.16. The van der Waals surface area contributed by atoms with Gasteiger partial charge in [0.05, 0.1) is 11.4 Å². The van der Waals surface area contributed by atoms with Crippen LogP contribution in [0.4, 0.5) is 5.69 Å². The van der Waals surface area contributed by atoms with Gasteiger partial charge in [0.25, 0.3) is 5.56 Å². The molecule has 146 valence electrons. The standard InChI is InChI=1S/C20H18N6O3/c1-12(27)22-15-10-9-14(13-7-5-4-6-8-13)23-17(15)26-11-21-18-16(26)19(28)25(3)20(29)24(18)2/h4-11H,1-3H3,(H,22,27). The first-order valence-corrected chi connectivity index (χ1v) is 8.86. The van der Waals surface area contributed by atoms with Crippen molar-refractivity contribution in [2.24, 2.45) is 14.1 Å². The van der Waals surface area contributed by atoms with Gasteiger partial charge in [-0.15, -0.1) is 0 Å². The number of imidazole rings is 1. The molecule has 0 aliphatic rings. The molecule has 9 heteroatoms. The molecule has 0 fully saturated rings. The van der Waals surface area contributed by atoms with Crippen molar-refractivity contribution in [3.05, 3.63) is 69.6 Å². The first-order valence-electron chi connectivity index (χ1n) is 8.86. The Balaban J connectivity index is 2.04. The molecule has 4 rings (SSSR count). The van der Waals surface area contributed by atoms with Crippen molar-refractivity contribution in [3.63, 3.8) is 0 Å². The molecule has 3 heterocycles. The van der Waals surface area contributed by atoms with Gasteiger partial charge in [-0.05, 0) is 12.1 Å². The summed E-state index contributed by atoms with van der Waals surface area (Å²) in [6, 6.07) is 13.1. The number of benzene rings is 1. The van der Waals surface area contributed by atoms with Crippen LogP contribution in [0.2, 0.25) is 0 Å². The molecular weight excluding hydrogens is 372 g/mol. The van der Waals surface area contributed by atoms with Crippen molar-refractivity contribution in [3.8, 4) is 17.1 Å². The molecule has 0 unspecified atom stereocenters. The number of hydrogen-bond acceptors (Lipinski definition) is 5. The fourth-order valence-corrected chi connectivity index (χ4v) is 3.19. The second-order valence-electron chi connectivity index (χ2n) is 6.61. The fraction of sp³-hybridized carbons (Fsp3) is 0.150. The number of pyridine rings is 1. The fourth-order valence-electron chi connectivity index (χ4n) is 3.19. The van der Waals surface area contributed by atoms with E-state index in [0.29, 0.717) is 17.2 Å². The zero-order chi connectivity index (χ0) is 20.7. The third-order valence-corrected chi connectivity index (χ3v) is 4.63. The molecule has 0 saturated carbocycles. The summed E-state index contributed by atoms with van der Waals surface area (Å²) in [6.45, 7) is 1.39. The van der Waals surface area contributed by atoms with Gasteiger partial charge in [-0.2, -0.15) is 0 Å². The van der Waals surface area contributed by atoms with Crippen LogP contribution in [-0.4, -0.2) is 29.6 Å². The molecule has 1 amide bonds. The summed E-state index contributed by atoms with van der Waals surface area (Å²) in [5.74, 6) is 0.0602. The number of aromatic nitrogens is 5. The molecule has 4 aromatic rings. The molecule has 9 nitrogen and oxygen atoms in total. The molecule has 1 N–H and O–H groups in total. The second-order valence-corrected chi connectivity index (χ2v) is 6.61. The van der Waals surface area contributed by atoms with Crippen LogP contribution in [0.15, 0.2) is 58.4 Å². The van der Waals surface area contributed by atoms with Crippen molar-refractivity contribution in [2.75, 3.05) is 5.32 Å². The number of aryl methyl sites for hydroxylation is 1. The Labute approximate surface area is 164 Å². The third kappa shape index (κ3) is 3.02. The Kier molecular flexibility index (Phi) is 4.34. The summed E-state index contributed by atoms with van der Waals surface area (Å²) in [7, 11) is 2.95. The highest BCUT2D eigenvalue weighted by molar-refractivity contribution is 5.91. The van der Waals surface area contributed by atoms with Crippen LogP contribution in [-0.2, 0) is 18.9 Å². The summed E-state index contributed by atoms with van der Waals surface area (Å²) in [5, 5.41) is 2.74. The van der Waals surface area contributed by atoms with E-state index in [-0.39, 0.29) is 17.1 Å². The SMILES string of the molecule is CC(=O)Nc1ccc(-c2ccccc2)nc1-n1cnc2c1c(=O)n(C)c(=O)n2C. The smallest absolute Gasteiger partial charge is 0.323 e. The van der Waals surface area contributed by atoms with Gasteiger partial charge in [-0.3, -0.25) is 23.3 Å². The van der Waals surface area contributed by atoms with Crippen molar-refractivity contribution < 1.29 is 4.79 Å². The van der Waals surface area contributed by atoms with Crippen molar-refractivity contribution >= 4 is 22.8 Å². The minimum atomic E-state index is -0.499. The molecule has 0 saturated heterocycles. The number of nitrogens with one attached hydrogen (secondary N) is 1. The summed E-state index contributed by atoms with van der Waals surface area (Å²) in [5.41, 5.74) is 1.43. The summed E-state index contributed by atoms with van der Waals surface area (Å²) in [6.07, 6.45) is 1.42. The average molecular weight is 390 g/mol. The van der Waals surface area contributed by atoms with E-state index in [4.69, 9.17) is 0 Å². The monoisotopic (exact) mass is 390 g/mol. The number of amides is 1. The molecule has 0 bridgehead atoms. The van der Waals surface area contributed by atoms with Gasteiger partial charge in [-0.25, -0.2) is 14.8 Å². The first kappa shape index (κ1) is 18.4. The van der Waals surface area contributed by atoms with E-state index in [1.165, 1.54) is 29.4 Å². The Morgan fingerprint density at radius 1 is 1.00 bits per heavy atom. The van der Waals surface area contributed by atoms with Gasteiger partial charge in [0.2, 0.25) is 5.91 Å². The van der Waals surface area contributed by atoms with Crippen LogP contribution in [0.1, 0.15) is 6.92 Å². The maximum Gasteiger partial charge on any atom is 0.332 e. The van der Waals surface area contributed by atoms with Gasteiger partial charge in [0.15, 0.2) is 17.0 Å². The number of fused-ring (bicyclic) bond motifs is 1. The van der Waals surface area contributed by atoms with E-state index in [0.717, 1.165) is 10.1 Å². The molecule has 0 radical (unpaired) electrons. The second kappa shape index (κ2) is 6.86. The molecular formula is C20H18N6O3. The molecule has 0 spiro atoms. The van der Waals surface area contributed by atoms with Crippen molar-refractivity contribution in [1.29, 1.82) is 0 Å². The van der Waals surface area contributed by atoms with Crippen molar-refractivity contribution in [1.82, 2.24) is 23.7 Å². The van der Waals surface area contributed by atoms with Crippen LogP contribution in [0, 0.1) is 0 Å². The predicted octanol–water partition coefficient (Wildman–Crippen LogP) is 1.44. The minimum Gasteiger partial charge on any atom is -0.323 e. The van der Waals surface area contributed by atoms with Crippen LogP contribution >= 0.6 is 0 Å². The summed E-state index contributed by atoms with van der Waals surface area (Å²) >= 11 is 0. The van der Waals surface area contributed by atoms with E-state index in [2.05, 4.69) is 15.3 Å². The molecule has 3 aromatic heterocycles. The van der Waals surface area contributed by atoms with Crippen molar-refractivity contribution in [2.45, 2.75) is 6.92 Å². The van der Waals surface area contributed by atoms with Crippen LogP contribution in [0.3, 0.4) is 0 Å². The van der Waals surface area contributed by atoms with Crippen LogP contribution in [0.25, 0.3) is 28.2 Å². The van der Waals surface area contributed by atoms with E-state index in [9.17, 15) is 14.4 Å². The Bertz CT molecular complexity index is 1360. The highest BCUT2D eigenvalue weighted by Crippen LogP contribution is 2.26. The predicted molar refractivity (Wildman–Crippen MR) is 109 cm³/mol. The molecule has 0 aliphatic carbocycles. The van der Waals surface area contributed by atoms with E-state index >= 15 is 0 Å². The number of rotatable bonds is 3. The molecule has 0 aliphatic heterocycles. The van der Waals surface area contributed by atoms with Gasteiger partial charge in [0, 0.05) is 26.6 Å². The summed E-state index contributed by atoms with van der Waals surface area (Å²) < 4.78 is 3.81. The lowest BCUT2D eigenvalue weighted by atomic mass is 10.1. The lowest BCUT2D eigenvalue weighted by Crippen LogP contribution is -2.37. The zero-order valence-corrected chi connectivity index (χ0v) is 16.1. The quantitative estimate of drug-likeness (QED) is 0.570. The lowest BCUT2D eigenvalue weighted by molar-refractivity contribution is -0.114. The van der Waals surface area contributed by atoms with Crippen LogP contribution < -0.4 is 16.6 Å². The topological polar surface area (TPSA) is 104 Å². The van der Waals surface area contributed by atoms with Gasteiger partial charge in [0.1, 0.15) is 6.33 Å². The highest BCUT2D eigenvalue weighted by atomic mass is 16.2. The number of anilines is 1. The summed E-state index contributed by atoms with van der Waals surface area (Å²) in [4.78, 5) is 45.6. The number of carbonyl (C=O) groups is 1. The number of nitrogens with zero attached hydrogens (tertiary/aromatic N) is 5. The molecule has 1 aromatic carbocycles. The van der Waals surface area contributed by atoms with Gasteiger partial charge < -0.3 is 5.32 Å². The Hall–Kier alpha value is -4.01. The largest absolute Gasteiger partial charge is 0.332 e. The zero-order valence-electron chi connectivity index (χ0n) is 16.1. The Morgan fingerprint density at radius 2 is 1.72 bits per heavy atom. The van der Waals surface area contributed by atoms with Gasteiger partial charge >= 0.3 is 5.69 Å². The number of hydrogen-bond donors (Lipinski definition) is 1. The maximum atomic E-state index is 12.8. The highest BCUT2D eigenvalue weighted by Gasteiger charge is 2.19. The Morgan fingerprint density at radius 3 is 2.41 bits per heavy atom. The number of carbonyl (C=O) groups excluding carboxylic acids is 1. The minimum absolute atomic E-state index is 0.193. The third-order valence-electron chi connectivity index (χ3n) is 4.63. The van der Waals surface area contributed by atoms with Gasteiger partial charge in [-0.1, -0.05) is 30.3 Å². The molecule has 29 heavy (non-hydrogen) atoms. The normalized spacial score (nSPS) is 11.0. The van der Waals surface area contributed by atoms with Crippen LogP contribution in [0.5, 0.6) is 0 Å². The van der Waals surface area contributed by atoms with E-state index in [1.54, 1.807) is 19.2 Å². The van der Waals surface area contributed by atoms with E-state index in [1.807, 2.05) is 30.3 Å². The maximum absolute atomic E-state index is 12.8. The lowest BCUT2D eigenvalue weighted by Gasteiger charge is -2.13.